The lowest BCUT2D eigenvalue weighted by Gasteiger charge is -2.22. The van der Waals surface area contributed by atoms with Crippen LogP contribution in [0.2, 0.25) is 0 Å². The van der Waals surface area contributed by atoms with E-state index in [1.165, 1.54) is 24.3 Å². The Hall–Kier alpha value is -3.03. The van der Waals surface area contributed by atoms with Gasteiger partial charge in [0.25, 0.3) is 5.91 Å². The molecular formula is C18H20FN3O4. The Morgan fingerprint density at radius 1 is 1.31 bits per heavy atom. The van der Waals surface area contributed by atoms with Gasteiger partial charge in [0.05, 0.1) is 0 Å². The van der Waals surface area contributed by atoms with Crippen molar-refractivity contribution in [1.29, 1.82) is 0 Å². The number of nitrogens with zero attached hydrogens (tertiary/aromatic N) is 3. The van der Waals surface area contributed by atoms with Crippen LogP contribution in [0.5, 0.6) is 0 Å². The third-order valence-corrected chi connectivity index (χ3v) is 3.59. The van der Waals surface area contributed by atoms with E-state index in [9.17, 15) is 18.8 Å². The number of halogens is 1. The van der Waals surface area contributed by atoms with Crippen LogP contribution >= 0.6 is 0 Å². The Morgan fingerprint density at radius 3 is 2.54 bits per heavy atom. The fraction of sp³-hybridized carbons (Fsp3) is 0.333. The summed E-state index contributed by atoms with van der Waals surface area (Å²) in [5.74, 6) is -2.55. The van der Waals surface area contributed by atoms with Gasteiger partial charge < -0.3 is 10.0 Å². The first-order valence-electron chi connectivity index (χ1n) is 8.07. The number of aliphatic carboxylic acids is 1. The molecule has 7 nitrogen and oxygen atoms in total. The van der Waals surface area contributed by atoms with Crippen LogP contribution in [0.25, 0.3) is 5.69 Å². The van der Waals surface area contributed by atoms with Gasteiger partial charge in [-0.1, -0.05) is 26.0 Å². The summed E-state index contributed by atoms with van der Waals surface area (Å²) in [6, 6.07) is 7.01. The molecule has 0 spiro atoms. The molecule has 0 atom stereocenters. The Kier molecular flexibility index (Phi) is 5.86. The summed E-state index contributed by atoms with van der Waals surface area (Å²) < 4.78 is 15.2. The van der Waals surface area contributed by atoms with E-state index in [-0.39, 0.29) is 18.2 Å². The zero-order chi connectivity index (χ0) is 19.4. The molecule has 0 radical (unpaired) electrons. The molecule has 2 rings (SSSR count). The summed E-state index contributed by atoms with van der Waals surface area (Å²) in [6.45, 7) is 4.81. The van der Waals surface area contributed by atoms with Gasteiger partial charge >= 0.3 is 5.97 Å². The molecule has 0 aliphatic rings. The van der Waals surface area contributed by atoms with Crippen molar-refractivity contribution in [2.45, 2.75) is 20.8 Å². The zero-order valence-corrected chi connectivity index (χ0v) is 14.8. The molecule has 0 saturated carbocycles. The van der Waals surface area contributed by atoms with E-state index < -0.39 is 35.4 Å². The molecule has 2 aromatic rings. The molecule has 1 N–H and O–H groups in total. The van der Waals surface area contributed by atoms with Crippen molar-refractivity contribution in [2.75, 3.05) is 13.1 Å². The molecular weight excluding hydrogens is 341 g/mol. The molecule has 0 unspecified atom stereocenters. The van der Waals surface area contributed by atoms with Crippen molar-refractivity contribution < 1.29 is 19.1 Å². The maximum absolute atomic E-state index is 14.1. The summed E-state index contributed by atoms with van der Waals surface area (Å²) in [5.41, 5.74) is -0.641. The number of amides is 1. The van der Waals surface area contributed by atoms with Gasteiger partial charge in [-0.3, -0.25) is 14.4 Å². The van der Waals surface area contributed by atoms with Crippen molar-refractivity contribution in [2.24, 2.45) is 5.92 Å². The van der Waals surface area contributed by atoms with Crippen molar-refractivity contribution in [3.8, 4) is 5.69 Å². The quantitative estimate of drug-likeness (QED) is 0.848. The second-order valence-corrected chi connectivity index (χ2v) is 6.34. The van der Waals surface area contributed by atoms with Crippen LogP contribution in [0.15, 0.2) is 35.1 Å². The van der Waals surface area contributed by atoms with E-state index in [0.717, 1.165) is 9.58 Å². The van der Waals surface area contributed by atoms with E-state index in [2.05, 4.69) is 5.10 Å². The maximum Gasteiger partial charge on any atom is 0.323 e. The van der Waals surface area contributed by atoms with Crippen molar-refractivity contribution >= 4 is 11.9 Å². The lowest BCUT2D eigenvalue weighted by Crippen LogP contribution is -2.41. The minimum Gasteiger partial charge on any atom is -0.480 e. The largest absolute Gasteiger partial charge is 0.480 e. The van der Waals surface area contributed by atoms with E-state index in [4.69, 9.17) is 5.11 Å². The first-order valence-corrected chi connectivity index (χ1v) is 8.07. The molecule has 1 aromatic carbocycles. The van der Waals surface area contributed by atoms with Crippen LogP contribution in [0.1, 0.15) is 30.0 Å². The van der Waals surface area contributed by atoms with Crippen molar-refractivity contribution in [3.05, 3.63) is 57.8 Å². The molecule has 0 aliphatic heterocycles. The lowest BCUT2D eigenvalue weighted by molar-refractivity contribution is -0.137. The van der Waals surface area contributed by atoms with Crippen LogP contribution in [0, 0.1) is 18.7 Å². The Balaban J connectivity index is 2.53. The summed E-state index contributed by atoms with van der Waals surface area (Å²) in [7, 11) is 0. The zero-order valence-electron chi connectivity index (χ0n) is 14.8. The number of para-hydroxylation sites is 1. The average Bonchev–Trinajstić information content (AvgIpc) is 2.54. The van der Waals surface area contributed by atoms with Gasteiger partial charge in [0.2, 0.25) is 5.43 Å². The van der Waals surface area contributed by atoms with E-state index in [1.807, 2.05) is 13.8 Å². The standard InChI is InChI=1S/C18H20FN3O4/c1-11(2)9-21(10-16(24)25)18(26)17-15(23)8-12(3)22(20-17)14-7-5-4-6-13(14)19/h4-8,11H,9-10H2,1-3H3,(H,24,25). The number of hydrogen-bond donors (Lipinski definition) is 1. The number of aryl methyl sites for hydroxylation is 1. The van der Waals surface area contributed by atoms with Gasteiger partial charge in [-0.2, -0.15) is 5.10 Å². The Labute approximate surface area is 149 Å². The molecule has 8 heteroatoms. The molecule has 0 bridgehead atoms. The van der Waals surface area contributed by atoms with Crippen molar-refractivity contribution in [3.63, 3.8) is 0 Å². The second-order valence-electron chi connectivity index (χ2n) is 6.34. The number of benzene rings is 1. The highest BCUT2D eigenvalue weighted by Crippen LogP contribution is 2.13. The van der Waals surface area contributed by atoms with Gasteiger partial charge in [0.1, 0.15) is 18.0 Å². The van der Waals surface area contributed by atoms with Crippen LogP contribution in [-0.4, -0.2) is 44.8 Å². The van der Waals surface area contributed by atoms with Gasteiger partial charge in [-0.05, 0) is 25.0 Å². The summed E-state index contributed by atoms with van der Waals surface area (Å²) >= 11 is 0. The van der Waals surface area contributed by atoms with Gasteiger partial charge in [0.15, 0.2) is 5.69 Å². The highest BCUT2D eigenvalue weighted by atomic mass is 19.1. The van der Waals surface area contributed by atoms with Crippen LogP contribution in [-0.2, 0) is 4.79 Å². The lowest BCUT2D eigenvalue weighted by atomic mass is 10.2. The predicted molar refractivity (Wildman–Crippen MR) is 92.9 cm³/mol. The normalized spacial score (nSPS) is 10.8. The molecule has 138 valence electrons. The van der Waals surface area contributed by atoms with Gasteiger partial charge in [0, 0.05) is 18.3 Å². The molecule has 1 heterocycles. The fourth-order valence-corrected chi connectivity index (χ4v) is 2.54. The van der Waals surface area contributed by atoms with Crippen LogP contribution < -0.4 is 5.43 Å². The summed E-state index contributed by atoms with van der Waals surface area (Å²) in [5, 5.41) is 13.0. The summed E-state index contributed by atoms with van der Waals surface area (Å²) in [6.07, 6.45) is 0. The first-order chi connectivity index (χ1) is 12.2. The van der Waals surface area contributed by atoms with E-state index >= 15 is 0 Å². The molecule has 1 aromatic heterocycles. The number of hydrogen-bond acceptors (Lipinski definition) is 4. The molecule has 0 saturated heterocycles. The second kappa shape index (κ2) is 7.90. The minimum atomic E-state index is -1.19. The van der Waals surface area contributed by atoms with Crippen LogP contribution in [0.3, 0.4) is 0 Å². The van der Waals surface area contributed by atoms with Gasteiger partial charge in [-0.15, -0.1) is 0 Å². The highest BCUT2D eigenvalue weighted by Gasteiger charge is 2.24. The Morgan fingerprint density at radius 2 is 1.96 bits per heavy atom. The van der Waals surface area contributed by atoms with Crippen LogP contribution in [0.4, 0.5) is 4.39 Å². The number of rotatable bonds is 6. The number of aromatic nitrogens is 2. The molecule has 0 aliphatic carbocycles. The third kappa shape index (κ3) is 4.33. The van der Waals surface area contributed by atoms with E-state index in [0.29, 0.717) is 5.69 Å². The van der Waals surface area contributed by atoms with E-state index in [1.54, 1.807) is 13.0 Å². The number of carboxylic acid groups (broad SMARTS) is 1. The first kappa shape index (κ1) is 19.3. The third-order valence-electron chi connectivity index (χ3n) is 3.59. The average molecular weight is 361 g/mol. The topological polar surface area (TPSA) is 92.5 Å². The molecule has 1 amide bonds. The highest BCUT2D eigenvalue weighted by molar-refractivity contribution is 5.94. The SMILES string of the molecule is Cc1cc(=O)c(C(=O)N(CC(=O)O)CC(C)C)nn1-c1ccccc1F. The predicted octanol–water partition coefficient (Wildman–Crippen LogP) is 1.86. The fourth-order valence-electron chi connectivity index (χ4n) is 2.54. The molecule has 0 fully saturated rings. The van der Waals surface area contributed by atoms with Gasteiger partial charge in [-0.25, -0.2) is 9.07 Å². The smallest absolute Gasteiger partial charge is 0.323 e. The Bertz CT molecular complexity index is 892. The number of carbonyl (C=O) groups is 2. The summed E-state index contributed by atoms with van der Waals surface area (Å²) in [4.78, 5) is 37.1. The monoisotopic (exact) mass is 361 g/mol. The molecule has 26 heavy (non-hydrogen) atoms. The minimum absolute atomic E-state index is 0.00228. The number of carboxylic acids is 1. The maximum atomic E-state index is 14.1. The van der Waals surface area contributed by atoms with Crippen molar-refractivity contribution in [1.82, 2.24) is 14.7 Å². The number of carbonyl (C=O) groups excluding carboxylic acids is 1.